The summed E-state index contributed by atoms with van der Waals surface area (Å²) in [4.78, 5) is 17.8. The number of nitrogens with zero attached hydrogens (tertiary/aromatic N) is 4. The average Bonchev–Trinajstić information content (AvgIpc) is 3.09. The summed E-state index contributed by atoms with van der Waals surface area (Å²) in [7, 11) is 0. The van der Waals surface area contributed by atoms with Gasteiger partial charge in [-0.25, -0.2) is 13.6 Å². The number of carbonyl (C=O) groups is 1. The normalized spacial score (nSPS) is 18.9. The molecular formula is C35H36F2N6O4. The van der Waals surface area contributed by atoms with Crippen LogP contribution < -0.4 is 11.5 Å². The second-order valence-corrected chi connectivity index (χ2v) is 11.5. The van der Waals surface area contributed by atoms with Crippen molar-refractivity contribution >= 4 is 17.7 Å². The molecule has 10 nitrogen and oxygen atoms in total. The van der Waals surface area contributed by atoms with E-state index in [9.17, 15) is 29.1 Å². The van der Waals surface area contributed by atoms with Crippen molar-refractivity contribution < 1.29 is 29.1 Å². The third kappa shape index (κ3) is 7.85. The van der Waals surface area contributed by atoms with Crippen LogP contribution in [-0.2, 0) is 25.9 Å². The second kappa shape index (κ2) is 14.7. The number of aliphatic hydroxyl groups excluding tert-OH is 1. The zero-order valence-corrected chi connectivity index (χ0v) is 25.5. The first-order chi connectivity index (χ1) is 22.7. The number of oxime groups is 2. The molecular weight excluding hydrogens is 606 g/mol. The lowest BCUT2D eigenvalue weighted by atomic mass is 9.88. The third-order valence-electron chi connectivity index (χ3n) is 8.45. The van der Waals surface area contributed by atoms with Gasteiger partial charge in [-0.3, -0.25) is 0 Å². The van der Waals surface area contributed by atoms with Gasteiger partial charge in [-0.1, -0.05) is 71.0 Å². The lowest BCUT2D eigenvalue weighted by Crippen LogP contribution is -2.66. The summed E-state index contributed by atoms with van der Waals surface area (Å²) in [6.07, 6.45) is 0.0110. The zero-order chi connectivity index (χ0) is 33.5. The zero-order valence-electron chi connectivity index (χ0n) is 25.5. The molecule has 0 spiro atoms. The first kappa shape index (κ1) is 32.9. The van der Waals surface area contributed by atoms with Gasteiger partial charge in [0.25, 0.3) is 0 Å². The van der Waals surface area contributed by atoms with Gasteiger partial charge in [-0.2, -0.15) is 0 Å². The lowest BCUT2D eigenvalue weighted by Gasteiger charge is -2.49. The Labute approximate surface area is 270 Å². The molecule has 0 aliphatic carbocycles. The summed E-state index contributed by atoms with van der Waals surface area (Å²) in [6.45, 7) is 0.181. The maximum atomic E-state index is 14.6. The van der Waals surface area contributed by atoms with Crippen molar-refractivity contribution in [1.82, 2.24) is 9.80 Å². The van der Waals surface area contributed by atoms with Gasteiger partial charge in [-0.15, -0.1) is 0 Å². The molecule has 0 unspecified atom stereocenters. The minimum absolute atomic E-state index is 0.0830. The van der Waals surface area contributed by atoms with E-state index in [0.717, 1.165) is 11.1 Å². The van der Waals surface area contributed by atoms with Gasteiger partial charge >= 0.3 is 6.03 Å². The summed E-state index contributed by atoms with van der Waals surface area (Å²) in [6, 6.07) is 24.1. The number of urea groups is 1. The molecule has 2 amide bonds. The first-order valence-electron chi connectivity index (χ1n) is 15.0. The van der Waals surface area contributed by atoms with Crippen LogP contribution in [-0.4, -0.2) is 61.2 Å². The molecule has 47 heavy (non-hydrogen) atoms. The minimum atomic E-state index is -1.06. The molecule has 0 bridgehead atoms. The topological polar surface area (TPSA) is 161 Å². The van der Waals surface area contributed by atoms with E-state index in [0.29, 0.717) is 35.1 Å². The Morgan fingerprint density at radius 3 is 1.64 bits per heavy atom. The van der Waals surface area contributed by atoms with Crippen molar-refractivity contribution in [3.63, 3.8) is 0 Å². The summed E-state index contributed by atoms with van der Waals surface area (Å²) in [5.41, 5.74) is 15.5. The largest absolute Gasteiger partial charge is 0.409 e. The standard InChI is InChI=1S/C35H36F2N6O4/c36-28-12-7-22(8-13-28)11-16-30-32(44)31(19-23-9-14-29(37)15-10-23)43(21-25-4-2-6-27(18-25)34(39)41-47)35(45)42(30)20-24-3-1-5-26(17-24)33(38)40-46/h1-10,12-15,17-18,30-32,44,46-47H,11,16,19-21H2,(H2,38,40)(H2,39,41)/t30-,31-,32-/m1/s1. The van der Waals surface area contributed by atoms with Crippen molar-refractivity contribution in [3.8, 4) is 0 Å². The van der Waals surface area contributed by atoms with Crippen LogP contribution in [0.3, 0.4) is 0 Å². The van der Waals surface area contributed by atoms with E-state index >= 15 is 0 Å². The molecule has 12 heteroatoms. The lowest BCUT2D eigenvalue weighted by molar-refractivity contribution is -0.0453. The quantitative estimate of drug-likeness (QED) is 0.0698. The summed E-state index contributed by atoms with van der Waals surface area (Å²) in [5, 5.41) is 36.7. The van der Waals surface area contributed by atoms with Crippen molar-refractivity contribution in [2.45, 2.75) is 50.5 Å². The number of carbonyl (C=O) groups excluding carboxylic acids is 1. The average molecular weight is 643 g/mol. The highest BCUT2D eigenvalue weighted by Crippen LogP contribution is 2.31. The predicted molar refractivity (Wildman–Crippen MR) is 173 cm³/mol. The Hall–Kier alpha value is -5.49. The van der Waals surface area contributed by atoms with Crippen LogP contribution in [0.1, 0.15) is 39.8 Å². The molecule has 4 aromatic rings. The van der Waals surface area contributed by atoms with Crippen molar-refractivity contribution in [3.05, 3.63) is 142 Å². The molecule has 0 radical (unpaired) electrons. The third-order valence-corrected chi connectivity index (χ3v) is 8.45. The SMILES string of the molecule is N/C(=N/O)c1cccc(CN2C(=O)N(Cc3cccc(/C(N)=N\O)c3)[C@H](Cc3ccc(F)cc3)[C@H](O)[C@H]2CCc2ccc(F)cc2)c1. The number of aliphatic hydroxyl groups is 1. The molecule has 4 aromatic carbocycles. The summed E-state index contributed by atoms with van der Waals surface area (Å²) in [5.74, 6) is -0.938. The number of amides is 2. The first-order valence-corrected chi connectivity index (χ1v) is 15.0. The molecule has 1 heterocycles. The number of nitrogens with two attached hydrogens (primary N) is 2. The van der Waals surface area contributed by atoms with Gasteiger partial charge in [0.05, 0.1) is 18.2 Å². The van der Waals surface area contributed by atoms with Gasteiger partial charge in [0.2, 0.25) is 0 Å². The predicted octanol–water partition coefficient (Wildman–Crippen LogP) is 4.57. The van der Waals surface area contributed by atoms with Crippen molar-refractivity contribution in [2.75, 3.05) is 0 Å². The van der Waals surface area contributed by atoms with Gasteiger partial charge in [0, 0.05) is 24.2 Å². The number of halogens is 2. The Morgan fingerprint density at radius 1 is 0.681 bits per heavy atom. The van der Waals surface area contributed by atoms with Crippen LogP contribution in [0.2, 0.25) is 0 Å². The Morgan fingerprint density at radius 2 is 1.15 bits per heavy atom. The van der Waals surface area contributed by atoms with E-state index in [-0.39, 0.29) is 43.0 Å². The molecule has 3 atom stereocenters. The van der Waals surface area contributed by atoms with Crippen molar-refractivity contribution in [1.29, 1.82) is 0 Å². The molecule has 1 aliphatic rings. The highest BCUT2D eigenvalue weighted by atomic mass is 19.1. The Balaban J connectivity index is 1.54. The Bertz CT molecular complexity index is 1750. The highest BCUT2D eigenvalue weighted by Gasteiger charge is 2.45. The molecule has 7 N–H and O–H groups in total. The fourth-order valence-electron chi connectivity index (χ4n) is 6.00. The number of hydrogen-bond donors (Lipinski definition) is 5. The highest BCUT2D eigenvalue weighted by molar-refractivity contribution is 5.97. The number of aryl methyl sites for hydroxylation is 1. The van der Waals surface area contributed by atoms with Crippen LogP contribution in [0.4, 0.5) is 13.6 Å². The summed E-state index contributed by atoms with van der Waals surface area (Å²) >= 11 is 0. The van der Waals surface area contributed by atoms with E-state index in [1.807, 2.05) is 0 Å². The number of rotatable bonds is 11. The maximum absolute atomic E-state index is 14.6. The Kier molecular flexibility index (Phi) is 10.3. The number of hydrogen-bond acceptors (Lipinski definition) is 6. The van der Waals surface area contributed by atoms with Gasteiger partial charge in [0.15, 0.2) is 11.7 Å². The molecule has 1 aliphatic heterocycles. The van der Waals surface area contributed by atoms with Crippen LogP contribution in [0, 0.1) is 11.6 Å². The molecule has 0 saturated carbocycles. The summed E-state index contributed by atoms with van der Waals surface area (Å²) < 4.78 is 27.4. The van der Waals surface area contributed by atoms with E-state index in [4.69, 9.17) is 11.5 Å². The second-order valence-electron chi connectivity index (χ2n) is 11.5. The van der Waals surface area contributed by atoms with Crippen LogP contribution in [0.15, 0.2) is 107 Å². The van der Waals surface area contributed by atoms with E-state index in [2.05, 4.69) is 10.3 Å². The molecule has 1 saturated heterocycles. The monoisotopic (exact) mass is 642 g/mol. The minimum Gasteiger partial charge on any atom is -0.409 e. The molecule has 244 valence electrons. The smallest absolute Gasteiger partial charge is 0.321 e. The molecule has 0 aromatic heterocycles. The van der Waals surface area contributed by atoms with Crippen molar-refractivity contribution in [2.24, 2.45) is 21.8 Å². The van der Waals surface area contributed by atoms with Crippen LogP contribution >= 0.6 is 0 Å². The van der Waals surface area contributed by atoms with E-state index < -0.39 is 24.0 Å². The number of benzene rings is 4. The van der Waals surface area contributed by atoms with Gasteiger partial charge < -0.3 is 36.8 Å². The number of amidine groups is 2. The van der Waals surface area contributed by atoms with Crippen LogP contribution in [0.25, 0.3) is 0 Å². The fraction of sp³-hybridized carbons (Fsp3) is 0.229. The van der Waals surface area contributed by atoms with E-state index in [1.54, 1.807) is 82.6 Å². The van der Waals surface area contributed by atoms with Gasteiger partial charge in [0.1, 0.15) is 11.6 Å². The van der Waals surface area contributed by atoms with E-state index in [1.165, 1.54) is 24.3 Å². The molecule has 1 fully saturated rings. The fourth-order valence-corrected chi connectivity index (χ4v) is 6.00. The maximum Gasteiger partial charge on any atom is 0.321 e. The molecule has 5 rings (SSSR count). The van der Waals surface area contributed by atoms with Gasteiger partial charge in [-0.05, 0) is 77.9 Å². The van der Waals surface area contributed by atoms with Crippen LogP contribution in [0.5, 0.6) is 0 Å².